The van der Waals surface area contributed by atoms with Gasteiger partial charge in [-0.2, -0.15) is 13.2 Å². The fourth-order valence-electron chi connectivity index (χ4n) is 3.42. The highest BCUT2D eigenvalue weighted by molar-refractivity contribution is 6.36. The average Bonchev–Trinajstić information content (AvgIpc) is 3.02. The standard InChI is InChI=1S/C18H18Cl2F3NO2/c19-12-1-4-15(16(20)9-12)17(25)26-14-3-2-13(10-14)24-7-5-11(6-8-24)18(21,22)23/h1-4,9,11,13-14H,5-8,10H2/t13-,14+/m0/s1. The number of hydrogen-bond donors (Lipinski definition) is 0. The van der Waals surface area contributed by atoms with Gasteiger partial charge in [0, 0.05) is 17.5 Å². The van der Waals surface area contributed by atoms with E-state index < -0.39 is 24.2 Å². The largest absolute Gasteiger partial charge is 0.454 e. The van der Waals surface area contributed by atoms with Crippen LogP contribution in [0.5, 0.6) is 0 Å². The molecule has 142 valence electrons. The molecule has 8 heteroatoms. The average molecular weight is 408 g/mol. The number of hydrogen-bond acceptors (Lipinski definition) is 3. The molecule has 26 heavy (non-hydrogen) atoms. The van der Waals surface area contributed by atoms with Crippen molar-refractivity contribution in [3.05, 3.63) is 46.0 Å². The quantitative estimate of drug-likeness (QED) is 0.514. The van der Waals surface area contributed by atoms with E-state index in [4.69, 9.17) is 27.9 Å². The van der Waals surface area contributed by atoms with Crippen molar-refractivity contribution < 1.29 is 22.7 Å². The number of piperidine rings is 1. The van der Waals surface area contributed by atoms with E-state index in [-0.39, 0.29) is 29.5 Å². The molecule has 0 N–H and O–H groups in total. The molecule has 0 bridgehead atoms. The number of alkyl halides is 3. The van der Waals surface area contributed by atoms with Crippen molar-refractivity contribution in [3.63, 3.8) is 0 Å². The molecular weight excluding hydrogens is 390 g/mol. The van der Waals surface area contributed by atoms with Crippen LogP contribution in [0.2, 0.25) is 10.0 Å². The monoisotopic (exact) mass is 407 g/mol. The molecular formula is C18H18Cl2F3NO2. The maximum Gasteiger partial charge on any atom is 0.391 e. The lowest BCUT2D eigenvalue weighted by Crippen LogP contribution is -2.43. The zero-order valence-corrected chi connectivity index (χ0v) is 15.3. The van der Waals surface area contributed by atoms with Gasteiger partial charge in [-0.15, -0.1) is 0 Å². The molecule has 1 aliphatic carbocycles. The third-order valence-electron chi connectivity index (χ3n) is 4.89. The number of rotatable bonds is 3. The van der Waals surface area contributed by atoms with Crippen LogP contribution in [0.15, 0.2) is 30.4 Å². The molecule has 0 aromatic heterocycles. The lowest BCUT2D eigenvalue weighted by Gasteiger charge is -2.36. The van der Waals surface area contributed by atoms with E-state index in [1.165, 1.54) is 12.1 Å². The number of esters is 1. The highest BCUT2D eigenvalue weighted by Gasteiger charge is 2.42. The highest BCUT2D eigenvalue weighted by atomic mass is 35.5. The Balaban J connectivity index is 1.52. The number of carbonyl (C=O) groups excluding carboxylic acids is 1. The zero-order chi connectivity index (χ0) is 18.9. The number of carbonyl (C=O) groups is 1. The van der Waals surface area contributed by atoms with Gasteiger partial charge in [-0.1, -0.05) is 29.3 Å². The molecule has 1 saturated heterocycles. The third kappa shape index (κ3) is 4.53. The first kappa shape index (κ1) is 19.5. The molecule has 2 atom stereocenters. The topological polar surface area (TPSA) is 29.5 Å². The van der Waals surface area contributed by atoms with E-state index in [0.29, 0.717) is 24.5 Å². The van der Waals surface area contributed by atoms with E-state index in [9.17, 15) is 18.0 Å². The summed E-state index contributed by atoms with van der Waals surface area (Å²) in [6, 6.07) is 4.52. The Morgan fingerprint density at radius 1 is 1.15 bits per heavy atom. The summed E-state index contributed by atoms with van der Waals surface area (Å²) in [4.78, 5) is 14.3. The van der Waals surface area contributed by atoms with Crippen molar-refractivity contribution >= 4 is 29.2 Å². The second kappa shape index (κ2) is 7.79. The first-order valence-corrected chi connectivity index (χ1v) is 9.15. The number of benzene rings is 1. The summed E-state index contributed by atoms with van der Waals surface area (Å²) in [5, 5.41) is 0.643. The highest BCUT2D eigenvalue weighted by Crippen LogP contribution is 2.35. The summed E-state index contributed by atoms with van der Waals surface area (Å²) in [6.45, 7) is 0.783. The van der Waals surface area contributed by atoms with Crippen LogP contribution in [0.25, 0.3) is 0 Å². The first-order valence-electron chi connectivity index (χ1n) is 8.39. The first-order chi connectivity index (χ1) is 12.2. The van der Waals surface area contributed by atoms with Gasteiger partial charge in [0.15, 0.2) is 0 Å². The van der Waals surface area contributed by atoms with Crippen LogP contribution in [0.4, 0.5) is 13.2 Å². The number of likely N-dealkylation sites (tertiary alicyclic amines) is 1. The van der Waals surface area contributed by atoms with E-state index >= 15 is 0 Å². The van der Waals surface area contributed by atoms with Gasteiger partial charge >= 0.3 is 12.1 Å². The minimum absolute atomic E-state index is 0.0114. The Kier molecular flexibility index (Phi) is 5.85. The molecule has 3 nitrogen and oxygen atoms in total. The number of halogens is 5. The minimum atomic E-state index is -4.12. The summed E-state index contributed by atoms with van der Waals surface area (Å²) in [5.74, 6) is -1.76. The Labute approximate surface area is 159 Å². The van der Waals surface area contributed by atoms with Gasteiger partial charge in [0.1, 0.15) is 6.10 Å². The molecule has 0 radical (unpaired) electrons. The van der Waals surface area contributed by atoms with Crippen LogP contribution in [0.3, 0.4) is 0 Å². The maximum absolute atomic E-state index is 12.8. The molecule has 0 amide bonds. The van der Waals surface area contributed by atoms with Gasteiger partial charge in [0.25, 0.3) is 0 Å². The summed E-state index contributed by atoms with van der Waals surface area (Å²) in [7, 11) is 0. The Bertz CT molecular complexity index is 700. The van der Waals surface area contributed by atoms with Crippen molar-refractivity contribution in [2.75, 3.05) is 13.1 Å². The molecule has 1 fully saturated rings. The second-order valence-electron chi connectivity index (χ2n) is 6.61. The summed E-state index contributed by atoms with van der Waals surface area (Å²) >= 11 is 11.8. The molecule has 1 aliphatic heterocycles. The summed E-state index contributed by atoms with van der Waals surface area (Å²) < 4.78 is 43.7. The molecule has 0 spiro atoms. The maximum atomic E-state index is 12.8. The lowest BCUT2D eigenvalue weighted by molar-refractivity contribution is -0.185. The predicted octanol–water partition coefficient (Wildman–Crippen LogP) is 5.12. The van der Waals surface area contributed by atoms with Crippen molar-refractivity contribution in [3.8, 4) is 0 Å². The van der Waals surface area contributed by atoms with Gasteiger partial charge in [0.2, 0.25) is 0 Å². The molecule has 1 aromatic carbocycles. The van der Waals surface area contributed by atoms with Crippen LogP contribution >= 0.6 is 23.2 Å². The minimum Gasteiger partial charge on any atom is -0.454 e. The number of nitrogens with zero attached hydrogens (tertiary/aromatic N) is 1. The van der Waals surface area contributed by atoms with E-state index in [1.54, 1.807) is 12.1 Å². The van der Waals surface area contributed by atoms with Crippen molar-refractivity contribution in [2.45, 2.75) is 37.6 Å². The Hall–Kier alpha value is -1.24. The normalized spacial score (nSPS) is 24.8. The van der Waals surface area contributed by atoms with Crippen molar-refractivity contribution in [2.24, 2.45) is 5.92 Å². The van der Waals surface area contributed by atoms with Crippen LogP contribution in [-0.4, -0.2) is 42.3 Å². The van der Waals surface area contributed by atoms with Crippen LogP contribution in [-0.2, 0) is 4.74 Å². The van der Waals surface area contributed by atoms with E-state index in [2.05, 4.69) is 0 Å². The van der Waals surface area contributed by atoms with Gasteiger partial charge in [-0.25, -0.2) is 4.79 Å². The van der Waals surface area contributed by atoms with Crippen LogP contribution in [0.1, 0.15) is 29.6 Å². The fraction of sp³-hybridized carbons (Fsp3) is 0.500. The van der Waals surface area contributed by atoms with Gasteiger partial charge in [0.05, 0.1) is 16.5 Å². The molecule has 0 saturated carbocycles. The lowest BCUT2D eigenvalue weighted by atomic mass is 9.95. The zero-order valence-electron chi connectivity index (χ0n) is 13.8. The van der Waals surface area contributed by atoms with Gasteiger partial charge < -0.3 is 4.74 Å². The summed E-state index contributed by atoms with van der Waals surface area (Å²) in [5.41, 5.74) is 0.235. The smallest absolute Gasteiger partial charge is 0.391 e. The number of ether oxygens (including phenoxy) is 1. The van der Waals surface area contributed by atoms with Crippen LogP contribution in [0, 0.1) is 5.92 Å². The SMILES string of the molecule is O=C(O[C@@H]1C=C[C@H](N2CCC(C(F)(F)F)CC2)C1)c1ccc(Cl)cc1Cl. The summed E-state index contributed by atoms with van der Waals surface area (Å²) in [6.07, 6.45) is -0.102. The van der Waals surface area contributed by atoms with Gasteiger partial charge in [-0.3, -0.25) is 4.90 Å². The van der Waals surface area contributed by atoms with Crippen molar-refractivity contribution in [1.82, 2.24) is 4.90 Å². The molecule has 2 aliphatic rings. The van der Waals surface area contributed by atoms with E-state index in [0.717, 1.165) is 0 Å². The molecule has 1 aromatic rings. The molecule has 3 rings (SSSR count). The Morgan fingerprint density at radius 3 is 2.46 bits per heavy atom. The van der Waals surface area contributed by atoms with E-state index in [1.807, 2.05) is 11.0 Å². The molecule has 0 unspecified atom stereocenters. The van der Waals surface area contributed by atoms with Crippen molar-refractivity contribution in [1.29, 1.82) is 0 Å². The Morgan fingerprint density at radius 2 is 1.85 bits per heavy atom. The van der Waals surface area contributed by atoms with Gasteiger partial charge in [-0.05, 0) is 50.2 Å². The molecule has 1 heterocycles. The third-order valence-corrected chi connectivity index (χ3v) is 5.44. The van der Waals surface area contributed by atoms with Crippen LogP contribution < -0.4 is 0 Å². The second-order valence-corrected chi connectivity index (χ2v) is 7.45. The fourth-order valence-corrected chi connectivity index (χ4v) is 3.91. The predicted molar refractivity (Wildman–Crippen MR) is 93.6 cm³/mol.